The maximum atomic E-state index is 5.94. The first-order valence-corrected chi connectivity index (χ1v) is 5.80. The fraction of sp³-hybridized carbons (Fsp3) is 0.308. The lowest BCUT2D eigenvalue weighted by Gasteiger charge is -2.13. The van der Waals surface area contributed by atoms with Crippen LogP contribution in [0.4, 0.5) is 11.4 Å². The fourth-order valence-electron chi connectivity index (χ4n) is 1.70. The molecule has 2 aromatic rings. The van der Waals surface area contributed by atoms with Crippen LogP contribution in [0.25, 0.3) is 0 Å². The summed E-state index contributed by atoms with van der Waals surface area (Å²) in [7, 11) is 3.15. The van der Waals surface area contributed by atoms with Crippen LogP contribution in [0.3, 0.4) is 0 Å². The van der Waals surface area contributed by atoms with Gasteiger partial charge < -0.3 is 24.9 Å². The second-order valence-electron chi connectivity index (χ2n) is 4.01. The quantitative estimate of drug-likeness (QED) is 0.805. The predicted molar refractivity (Wildman–Crippen MR) is 72.5 cm³/mol. The highest BCUT2D eigenvalue weighted by Crippen LogP contribution is 2.34. The molecule has 0 aliphatic carbocycles. The van der Waals surface area contributed by atoms with E-state index in [1.807, 2.05) is 6.92 Å². The molecule has 2 rings (SSSR count). The van der Waals surface area contributed by atoms with Crippen LogP contribution < -0.4 is 20.5 Å². The Labute approximate surface area is 111 Å². The van der Waals surface area contributed by atoms with Crippen molar-refractivity contribution in [2.45, 2.75) is 13.5 Å². The Balaban J connectivity index is 2.15. The molecule has 0 aliphatic heterocycles. The van der Waals surface area contributed by atoms with Crippen molar-refractivity contribution in [3.63, 3.8) is 0 Å². The van der Waals surface area contributed by atoms with Crippen LogP contribution in [0, 0.1) is 6.92 Å². The van der Waals surface area contributed by atoms with Gasteiger partial charge in [0.15, 0.2) is 11.5 Å². The van der Waals surface area contributed by atoms with Gasteiger partial charge >= 0.3 is 0 Å². The Kier molecular flexibility index (Phi) is 3.79. The third-order valence-corrected chi connectivity index (χ3v) is 2.65. The lowest BCUT2D eigenvalue weighted by atomic mass is 10.2. The molecule has 6 nitrogen and oxygen atoms in total. The van der Waals surface area contributed by atoms with Gasteiger partial charge in [0, 0.05) is 12.1 Å². The number of nitrogens with two attached hydrogens (primary N) is 1. The minimum absolute atomic E-state index is 0.452. The van der Waals surface area contributed by atoms with Gasteiger partial charge in [-0.1, -0.05) is 0 Å². The van der Waals surface area contributed by atoms with Crippen molar-refractivity contribution >= 4 is 11.4 Å². The van der Waals surface area contributed by atoms with Crippen molar-refractivity contribution < 1.29 is 13.9 Å². The Hall–Kier alpha value is -2.37. The van der Waals surface area contributed by atoms with Crippen LogP contribution in [0.2, 0.25) is 0 Å². The molecule has 1 aromatic heterocycles. The lowest BCUT2D eigenvalue weighted by Crippen LogP contribution is -2.04. The highest BCUT2D eigenvalue weighted by atomic mass is 16.5. The van der Waals surface area contributed by atoms with Crippen molar-refractivity contribution in [2.24, 2.45) is 0 Å². The number of ether oxygens (including phenoxy) is 2. The number of hydrogen-bond donors (Lipinski definition) is 2. The van der Waals surface area contributed by atoms with Crippen LogP contribution >= 0.6 is 0 Å². The zero-order valence-corrected chi connectivity index (χ0v) is 11.2. The standard InChI is InChI=1S/C13H17N3O3/c1-8-6-16-13(19-8)7-15-10-5-12(18-3)11(17-2)4-9(10)14/h4-6,15H,7,14H2,1-3H3. The molecule has 0 amide bonds. The van der Waals surface area contributed by atoms with Gasteiger partial charge in [0.25, 0.3) is 0 Å². The number of hydrogen-bond acceptors (Lipinski definition) is 6. The largest absolute Gasteiger partial charge is 0.493 e. The van der Waals surface area contributed by atoms with Gasteiger partial charge in [0.1, 0.15) is 5.76 Å². The second kappa shape index (κ2) is 5.51. The molecule has 0 atom stereocenters. The Morgan fingerprint density at radius 2 is 1.95 bits per heavy atom. The molecule has 1 heterocycles. The summed E-state index contributed by atoms with van der Waals surface area (Å²) in [6, 6.07) is 3.49. The number of methoxy groups -OCH3 is 2. The van der Waals surface area contributed by atoms with Crippen molar-refractivity contribution in [1.29, 1.82) is 0 Å². The van der Waals surface area contributed by atoms with Gasteiger partial charge in [-0.25, -0.2) is 4.98 Å². The number of nitrogens with one attached hydrogen (secondary N) is 1. The molecule has 0 bridgehead atoms. The number of rotatable bonds is 5. The Morgan fingerprint density at radius 3 is 2.53 bits per heavy atom. The molecule has 3 N–H and O–H groups in total. The number of aryl methyl sites for hydroxylation is 1. The highest BCUT2D eigenvalue weighted by Gasteiger charge is 2.09. The number of oxazole rings is 1. The molecule has 0 aliphatic rings. The minimum Gasteiger partial charge on any atom is -0.493 e. The van der Waals surface area contributed by atoms with E-state index in [4.69, 9.17) is 19.6 Å². The summed E-state index contributed by atoms with van der Waals surface area (Å²) in [4.78, 5) is 4.11. The molecular weight excluding hydrogens is 246 g/mol. The average molecular weight is 263 g/mol. The number of nitrogens with zero attached hydrogens (tertiary/aromatic N) is 1. The highest BCUT2D eigenvalue weighted by molar-refractivity contribution is 5.71. The molecule has 102 valence electrons. The summed E-state index contributed by atoms with van der Waals surface area (Å²) in [6.45, 7) is 2.30. The Morgan fingerprint density at radius 1 is 1.26 bits per heavy atom. The third kappa shape index (κ3) is 2.90. The van der Waals surface area contributed by atoms with Crippen LogP contribution in [-0.4, -0.2) is 19.2 Å². The van der Waals surface area contributed by atoms with E-state index >= 15 is 0 Å². The van der Waals surface area contributed by atoms with Crippen LogP contribution in [0.5, 0.6) is 11.5 Å². The smallest absolute Gasteiger partial charge is 0.213 e. The summed E-state index contributed by atoms with van der Waals surface area (Å²) in [5, 5.41) is 3.15. The first kappa shape index (κ1) is 13.1. The molecule has 0 saturated carbocycles. The number of benzene rings is 1. The van der Waals surface area contributed by atoms with E-state index in [0.717, 1.165) is 11.4 Å². The van der Waals surface area contributed by atoms with Crippen molar-refractivity contribution in [3.8, 4) is 11.5 Å². The van der Waals surface area contributed by atoms with Gasteiger partial charge in [-0.05, 0) is 6.92 Å². The molecule has 0 fully saturated rings. The van der Waals surface area contributed by atoms with Gasteiger partial charge in [-0.2, -0.15) is 0 Å². The molecule has 0 saturated heterocycles. The first-order chi connectivity index (χ1) is 9.13. The molecule has 6 heteroatoms. The van der Waals surface area contributed by atoms with Crippen LogP contribution in [-0.2, 0) is 6.54 Å². The number of anilines is 2. The molecule has 1 aromatic carbocycles. The van der Waals surface area contributed by atoms with Crippen LogP contribution in [0.1, 0.15) is 11.7 Å². The molecular formula is C13H17N3O3. The molecule has 0 spiro atoms. The molecule has 19 heavy (non-hydrogen) atoms. The monoisotopic (exact) mass is 263 g/mol. The van der Waals surface area contributed by atoms with E-state index in [0.29, 0.717) is 29.6 Å². The second-order valence-corrected chi connectivity index (χ2v) is 4.01. The van der Waals surface area contributed by atoms with E-state index in [2.05, 4.69) is 10.3 Å². The number of nitrogen functional groups attached to an aromatic ring is 1. The zero-order valence-electron chi connectivity index (χ0n) is 11.2. The van der Waals surface area contributed by atoms with E-state index in [-0.39, 0.29) is 0 Å². The lowest BCUT2D eigenvalue weighted by molar-refractivity contribution is 0.355. The third-order valence-electron chi connectivity index (χ3n) is 2.65. The summed E-state index contributed by atoms with van der Waals surface area (Å²) >= 11 is 0. The van der Waals surface area contributed by atoms with E-state index in [1.165, 1.54) is 0 Å². The van der Waals surface area contributed by atoms with Crippen molar-refractivity contribution in [2.75, 3.05) is 25.3 Å². The summed E-state index contributed by atoms with van der Waals surface area (Å²) < 4.78 is 15.8. The van der Waals surface area contributed by atoms with Gasteiger partial charge in [0.05, 0.1) is 38.3 Å². The summed E-state index contributed by atoms with van der Waals surface area (Å²) in [5.41, 5.74) is 7.26. The summed E-state index contributed by atoms with van der Waals surface area (Å²) in [5.74, 6) is 2.59. The van der Waals surface area contributed by atoms with E-state index in [9.17, 15) is 0 Å². The SMILES string of the molecule is COc1cc(N)c(NCc2ncc(C)o2)cc1OC. The zero-order chi connectivity index (χ0) is 13.8. The normalized spacial score (nSPS) is 10.3. The van der Waals surface area contributed by atoms with E-state index < -0.39 is 0 Å². The summed E-state index contributed by atoms with van der Waals surface area (Å²) in [6.07, 6.45) is 1.68. The van der Waals surface area contributed by atoms with Crippen molar-refractivity contribution in [3.05, 3.63) is 30.0 Å². The predicted octanol–water partition coefficient (Wildman–Crippen LogP) is 2.19. The Bertz CT molecular complexity index is 566. The first-order valence-electron chi connectivity index (χ1n) is 5.80. The minimum atomic E-state index is 0.452. The maximum Gasteiger partial charge on any atom is 0.213 e. The van der Waals surface area contributed by atoms with Gasteiger partial charge in [0.2, 0.25) is 5.89 Å². The molecule has 0 radical (unpaired) electrons. The van der Waals surface area contributed by atoms with Crippen LogP contribution in [0.15, 0.2) is 22.7 Å². The topological polar surface area (TPSA) is 82.5 Å². The van der Waals surface area contributed by atoms with Crippen molar-refractivity contribution in [1.82, 2.24) is 4.98 Å². The fourth-order valence-corrected chi connectivity index (χ4v) is 1.70. The van der Waals surface area contributed by atoms with Gasteiger partial charge in [-0.3, -0.25) is 0 Å². The molecule has 0 unspecified atom stereocenters. The van der Waals surface area contributed by atoms with E-state index in [1.54, 1.807) is 32.5 Å². The maximum absolute atomic E-state index is 5.94. The average Bonchev–Trinajstić information content (AvgIpc) is 2.82. The van der Waals surface area contributed by atoms with Gasteiger partial charge in [-0.15, -0.1) is 0 Å². The number of aromatic nitrogens is 1.